The summed E-state index contributed by atoms with van der Waals surface area (Å²) in [6.07, 6.45) is -0.835. The van der Waals surface area contributed by atoms with Crippen molar-refractivity contribution >= 4 is 11.5 Å². The summed E-state index contributed by atoms with van der Waals surface area (Å²) in [5.41, 5.74) is 3.13. The molecule has 0 saturated heterocycles. The topological polar surface area (TPSA) is 119 Å². The van der Waals surface area contributed by atoms with Gasteiger partial charge in [-0.15, -0.1) is 0 Å². The first kappa shape index (κ1) is 18.5. The van der Waals surface area contributed by atoms with Crippen molar-refractivity contribution in [2.24, 2.45) is 0 Å². The molecular formula is C18H20N6O3. The number of non-ortho nitro benzene ring substituents is 1. The summed E-state index contributed by atoms with van der Waals surface area (Å²) in [4.78, 5) is 19.1. The van der Waals surface area contributed by atoms with Crippen LogP contribution in [0.2, 0.25) is 0 Å². The van der Waals surface area contributed by atoms with Gasteiger partial charge >= 0.3 is 0 Å². The Morgan fingerprint density at radius 2 is 1.85 bits per heavy atom. The second kappa shape index (κ2) is 7.50. The summed E-state index contributed by atoms with van der Waals surface area (Å²) < 4.78 is 1.67. The molecule has 0 saturated carbocycles. The van der Waals surface area contributed by atoms with Gasteiger partial charge in [0.25, 0.3) is 11.6 Å². The van der Waals surface area contributed by atoms with E-state index in [4.69, 9.17) is 0 Å². The van der Waals surface area contributed by atoms with Crippen molar-refractivity contribution in [3.63, 3.8) is 0 Å². The quantitative estimate of drug-likeness (QED) is 0.507. The lowest BCUT2D eigenvalue weighted by Gasteiger charge is -2.14. The number of nitro groups is 1. The van der Waals surface area contributed by atoms with Gasteiger partial charge in [0, 0.05) is 36.1 Å². The summed E-state index contributed by atoms with van der Waals surface area (Å²) in [6.45, 7) is 5.88. The molecule has 0 aliphatic rings. The highest BCUT2D eigenvalue weighted by Crippen LogP contribution is 2.19. The molecule has 140 valence electrons. The molecular weight excluding hydrogens is 348 g/mol. The minimum Gasteiger partial charge on any atom is -0.387 e. The van der Waals surface area contributed by atoms with Crippen LogP contribution in [0.3, 0.4) is 0 Å². The van der Waals surface area contributed by atoms with Gasteiger partial charge in [0.15, 0.2) is 0 Å². The van der Waals surface area contributed by atoms with Crippen LogP contribution in [-0.2, 0) is 0 Å². The van der Waals surface area contributed by atoms with E-state index in [1.165, 1.54) is 24.3 Å². The maximum absolute atomic E-state index is 10.7. The highest BCUT2D eigenvalue weighted by atomic mass is 16.6. The average Bonchev–Trinajstić information content (AvgIpc) is 2.97. The monoisotopic (exact) mass is 368 g/mol. The van der Waals surface area contributed by atoms with E-state index in [1.807, 2.05) is 26.8 Å². The zero-order valence-electron chi connectivity index (χ0n) is 15.2. The molecule has 0 aliphatic carbocycles. The molecule has 0 amide bonds. The number of anilines is 1. The Kier molecular flexibility index (Phi) is 5.13. The molecule has 9 nitrogen and oxygen atoms in total. The predicted molar refractivity (Wildman–Crippen MR) is 99.9 cm³/mol. The standard InChI is InChI=1S/C18H20N6O3/c1-11-9-17(21-18(20-11)23-13(3)8-12(2)22-23)19-10-16(25)14-4-6-15(7-5-14)24(26)27/h4-9,16,25H,10H2,1-3H3,(H,19,20,21)/t16-/m0/s1. The lowest BCUT2D eigenvalue weighted by Crippen LogP contribution is -2.15. The molecule has 27 heavy (non-hydrogen) atoms. The number of nitrogens with zero attached hydrogens (tertiary/aromatic N) is 5. The second-order valence-electron chi connectivity index (χ2n) is 6.28. The Balaban J connectivity index is 1.74. The predicted octanol–water partition coefficient (Wildman–Crippen LogP) is 2.64. The van der Waals surface area contributed by atoms with Crippen LogP contribution in [0.4, 0.5) is 11.5 Å². The Hall–Kier alpha value is -3.33. The molecule has 2 N–H and O–H groups in total. The number of nitro benzene ring substituents is 1. The Morgan fingerprint density at radius 1 is 1.15 bits per heavy atom. The van der Waals surface area contributed by atoms with Gasteiger partial charge in [0.05, 0.1) is 16.7 Å². The molecule has 1 atom stereocenters. The molecule has 1 aromatic carbocycles. The van der Waals surface area contributed by atoms with Gasteiger partial charge in [0.1, 0.15) is 5.82 Å². The van der Waals surface area contributed by atoms with E-state index in [0.29, 0.717) is 17.3 Å². The highest BCUT2D eigenvalue weighted by molar-refractivity contribution is 5.40. The van der Waals surface area contributed by atoms with Crippen LogP contribution in [0, 0.1) is 30.9 Å². The van der Waals surface area contributed by atoms with Crippen LogP contribution in [0.1, 0.15) is 28.7 Å². The Labute approximate surface area is 155 Å². The second-order valence-corrected chi connectivity index (χ2v) is 6.28. The van der Waals surface area contributed by atoms with Gasteiger partial charge in [-0.05, 0) is 44.5 Å². The molecule has 0 spiro atoms. The van der Waals surface area contributed by atoms with Crippen molar-refractivity contribution in [2.45, 2.75) is 26.9 Å². The zero-order valence-corrected chi connectivity index (χ0v) is 15.2. The third-order valence-electron chi connectivity index (χ3n) is 4.01. The number of aliphatic hydroxyl groups excluding tert-OH is 1. The number of benzene rings is 1. The van der Waals surface area contributed by atoms with Gasteiger partial charge in [-0.3, -0.25) is 10.1 Å². The van der Waals surface area contributed by atoms with Crippen molar-refractivity contribution < 1.29 is 10.0 Å². The summed E-state index contributed by atoms with van der Waals surface area (Å²) in [6, 6.07) is 9.53. The first-order valence-corrected chi connectivity index (χ1v) is 8.39. The van der Waals surface area contributed by atoms with E-state index in [2.05, 4.69) is 20.4 Å². The minimum absolute atomic E-state index is 0.0140. The fraction of sp³-hybridized carbons (Fsp3) is 0.278. The maximum Gasteiger partial charge on any atom is 0.269 e. The van der Waals surface area contributed by atoms with Crippen molar-refractivity contribution in [1.82, 2.24) is 19.7 Å². The van der Waals surface area contributed by atoms with Gasteiger partial charge < -0.3 is 10.4 Å². The van der Waals surface area contributed by atoms with E-state index in [9.17, 15) is 15.2 Å². The fourth-order valence-electron chi connectivity index (χ4n) is 2.71. The van der Waals surface area contributed by atoms with Crippen molar-refractivity contribution in [2.75, 3.05) is 11.9 Å². The summed E-state index contributed by atoms with van der Waals surface area (Å²) >= 11 is 0. The molecule has 3 rings (SSSR count). The number of rotatable bonds is 6. The molecule has 9 heteroatoms. The third kappa shape index (κ3) is 4.26. The van der Waals surface area contributed by atoms with Gasteiger partial charge in [-0.2, -0.15) is 10.1 Å². The molecule has 0 aliphatic heterocycles. The number of hydrogen-bond acceptors (Lipinski definition) is 7. The lowest BCUT2D eigenvalue weighted by molar-refractivity contribution is -0.384. The first-order valence-electron chi connectivity index (χ1n) is 8.39. The van der Waals surface area contributed by atoms with Gasteiger partial charge in [-0.1, -0.05) is 0 Å². The molecule has 2 aromatic heterocycles. The molecule has 0 fully saturated rings. The number of hydrogen-bond donors (Lipinski definition) is 2. The van der Waals surface area contributed by atoms with Crippen molar-refractivity contribution in [1.29, 1.82) is 0 Å². The first-order chi connectivity index (χ1) is 12.8. The van der Waals surface area contributed by atoms with Crippen molar-refractivity contribution in [3.8, 4) is 5.95 Å². The SMILES string of the molecule is Cc1cc(NC[C@H](O)c2ccc([N+](=O)[O-])cc2)nc(-n2nc(C)cc2C)n1. The molecule has 2 heterocycles. The molecule has 0 radical (unpaired) electrons. The maximum atomic E-state index is 10.7. The third-order valence-corrected chi connectivity index (χ3v) is 4.01. The van der Waals surface area contributed by atoms with Crippen LogP contribution >= 0.6 is 0 Å². The summed E-state index contributed by atoms with van der Waals surface area (Å²) in [7, 11) is 0. The van der Waals surface area contributed by atoms with Crippen LogP contribution in [0.5, 0.6) is 0 Å². The number of nitrogens with one attached hydrogen (secondary N) is 1. The van der Waals surface area contributed by atoms with E-state index in [-0.39, 0.29) is 12.2 Å². The number of aliphatic hydroxyl groups is 1. The van der Waals surface area contributed by atoms with E-state index in [1.54, 1.807) is 10.7 Å². The summed E-state index contributed by atoms with van der Waals surface area (Å²) in [5, 5.41) is 28.5. The normalized spacial score (nSPS) is 12.0. The van der Waals surface area contributed by atoms with Gasteiger partial charge in [-0.25, -0.2) is 9.67 Å². The summed E-state index contributed by atoms with van der Waals surface area (Å²) in [5.74, 6) is 1.01. The van der Waals surface area contributed by atoms with E-state index < -0.39 is 11.0 Å². The minimum atomic E-state index is -0.835. The van der Waals surface area contributed by atoms with Crippen LogP contribution in [-0.4, -0.2) is 36.3 Å². The molecule has 3 aromatic rings. The molecule has 0 bridgehead atoms. The average molecular weight is 368 g/mol. The Bertz CT molecular complexity index is 968. The largest absolute Gasteiger partial charge is 0.387 e. The lowest BCUT2D eigenvalue weighted by atomic mass is 10.1. The molecule has 0 unspecified atom stereocenters. The van der Waals surface area contributed by atoms with E-state index >= 15 is 0 Å². The smallest absolute Gasteiger partial charge is 0.269 e. The van der Waals surface area contributed by atoms with Crippen LogP contribution < -0.4 is 5.32 Å². The van der Waals surface area contributed by atoms with Crippen molar-refractivity contribution in [3.05, 3.63) is 69.2 Å². The van der Waals surface area contributed by atoms with Crippen LogP contribution in [0.15, 0.2) is 36.4 Å². The van der Waals surface area contributed by atoms with E-state index in [0.717, 1.165) is 17.1 Å². The highest BCUT2D eigenvalue weighted by Gasteiger charge is 2.13. The number of aromatic nitrogens is 4. The van der Waals surface area contributed by atoms with Gasteiger partial charge in [0.2, 0.25) is 0 Å². The number of aryl methyl sites for hydroxylation is 3. The van der Waals surface area contributed by atoms with Crippen LogP contribution in [0.25, 0.3) is 5.95 Å². The Morgan fingerprint density at radius 3 is 2.44 bits per heavy atom. The zero-order chi connectivity index (χ0) is 19.6. The fourth-order valence-corrected chi connectivity index (χ4v) is 2.71.